The predicted octanol–water partition coefficient (Wildman–Crippen LogP) is 2.47. The molecule has 6 nitrogen and oxygen atoms in total. The third-order valence-electron chi connectivity index (χ3n) is 6.18. The summed E-state index contributed by atoms with van der Waals surface area (Å²) in [6.45, 7) is 4.46. The first kappa shape index (κ1) is 16.7. The Morgan fingerprint density at radius 2 is 1.96 bits per heavy atom. The quantitative estimate of drug-likeness (QED) is 0.713. The zero-order chi connectivity index (χ0) is 18.4. The second-order valence-corrected chi connectivity index (χ2v) is 7.87. The Morgan fingerprint density at radius 1 is 1.11 bits per heavy atom. The second-order valence-electron chi connectivity index (χ2n) is 7.87. The molecule has 2 fully saturated rings. The molecule has 0 aliphatic carbocycles. The number of aromatic nitrogens is 3. The molecule has 4 heterocycles. The maximum absolute atomic E-state index is 5.32. The lowest BCUT2D eigenvalue weighted by molar-refractivity contribution is 0.224. The van der Waals surface area contributed by atoms with Gasteiger partial charge < -0.3 is 4.74 Å². The normalized spacial score (nSPS) is 25.9. The van der Waals surface area contributed by atoms with Crippen molar-refractivity contribution >= 4 is 5.65 Å². The van der Waals surface area contributed by atoms with Gasteiger partial charge in [0, 0.05) is 38.4 Å². The molecular weight excluding hydrogens is 338 g/mol. The molecule has 140 valence electrons. The Balaban J connectivity index is 1.32. The molecule has 2 saturated heterocycles. The van der Waals surface area contributed by atoms with E-state index in [-0.39, 0.29) is 0 Å². The molecule has 0 spiro atoms. The van der Waals surface area contributed by atoms with Crippen LogP contribution in [0.5, 0.6) is 5.75 Å². The summed E-state index contributed by atoms with van der Waals surface area (Å²) in [5.41, 5.74) is 3.63. The zero-order valence-electron chi connectivity index (χ0n) is 15.8. The van der Waals surface area contributed by atoms with Crippen molar-refractivity contribution in [1.29, 1.82) is 0 Å². The highest BCUT2D eigenvalue weighted by Crippen LogP contribution is 2.44. The Labute approximate surface area is 159 Å². The summed E-state index contributed by atoms with van der Waals surface area (Å²) in [5, 5.41) is 4.18. The van der Waals surface area contributed by atoms with Crippen molar-refractivity contribution in [3.8, 4) is 5.75 Å². The van der Waals surface area contributed by atoms with E-state index in [4.69, 9.17) is 4.74 Å². The van der Waals surface area contributed by atoms with Crippen molar-refractivity contribution < 1.29 is 4.74 Å². The number of methoxy groups -OCH3 is 1. The highest BCUT2D eigenvalue weighted by molar-refractivity contribution is 5.39. The third-order valence-corrected chi connectivity index (χ3v) is 6.18. The Hall–Kier alpha value is -2.44. The van der Waals surface area contributed by atoms with E-state index in [0.29, 0.717) is 12.0 Å². The molecule has 1 aromatic carbocycles. The van der Waals surface area contributed by atoms with Crippen LogP contribution in [0.4, 0.5) is 0 Å². The van der Waals surface area contributed by atoms with Gasteiger partial charge in [0.05, 0.1) is 7.11 Å². The predicted molar refractivity (Wildman–Crippen MR) is 104 cm³/mol. The van der Waals surface area contributed by atoms with Crippen molar-refractivity contribution in [1.82, 2.24) is 24.4 Å². The standard InChI is InChI=1S/C21H25N5O/c1-24-11-17-12-25(10-15-7-8-26-20(9-15)22-14-23-26)13-19(17)21(24)16-3-5-18(27-2)6-4-16/h3-9,14,17,19,21H,10-13H2,1-2H3/t17-,19+,21-/m0/s1. The number of benzene rings is 1. The first-order chi connectivity index (χ1) is 13.2. The topological polar surface area (TPSA) is 45.9 Å². The number of ether oxygens (including phenoxy) is 1. The molecule has 3 aromatic rings. The highest BCUT2D eigenvalue weighted by Gasteiger charge is 2.45. The van der Waals surface area contributed by atoms with Gasteiger partial charge in [-0.05, 0) is 54.3 Å². The number of hydrogen-bond donors (Lipinski definition) is 0. The van der Waals surface area contributed by atoms with Crippen LogP contribution in [0.2, 0.25) is 0 Å². The van der Waals surface area contributed by atoms with Gasteiger partial charge in [-0.15, -0.1) is 0 Å². The van der Waals surface area contributed by atoms with E-state index < -0.39 is 0 Å². The van der Waals surface area contributed by atoms with Gasteiger partial charge >= 0.3 is 0 Å². The molecular formula is C21H25N5O. The van der Waals surface area contributed by atoms with Gasteiger partial charge in [0.15, 0.2) is 5.65 Å². The minimum Gasteiger partial charge on any atom is -0.497 e. The Morgan fingerprint density at radius 3 is 2.78 bits per heavy atom. The molecule has 0 amide bonds. The fourth-order valence-electron chi connectivity index (χ4n) is 5.00. The smallest absolute Gasteiger partial charge is 0.155 e. The minimum atomic E-state index is 0.491. The van der Waals surface area contributed by atoms with Crippen LogP contribution in [0.15, 0.2) is 48.9 Å². The molecule has 0 bridgehead atoms. The summed E-state index contributed by atoms with van der Waals surface area (Å²) in [5.74, 6) is 2.34. The number of nitrogens with zero attached hydrogens (tertiary/aromatic N) is 5. The van der Waals surface area contributed by atoms with Crippen molar-refractivity contribution in [3.05, 3.63) is 60.0 Å². The average Bonchev–Trinajstić information content (AvgIpc) is 3.36. The van der Waals surface area contributed by atoms with Crippen LogP contribution in [0.1, 0.15) is 17.2 Å². The highest BCUT2D eigenvalue weighted by atomic mass is 16.5. The molecule has 0 unspecified atom stereocenters. The lowest BCUT2D eigenvalue weighted by Gasteiger charge is -2.27. The van der Waals surface area contributed by atoms with Crippen LogP contribution in [0.25, 0.3) is 5.65 Å². The van der Waals surface area contributed by atoms with Crippen molar-refractivity contribution in [2.75, 3.05) is 33.8 Å². The zero-order valence-corrected chi connectivity index (χ0v) is 15.8. The van der Waals surface area contributed by atoms with Gasteiger partial charge in [-0.3, -0.25) is 9.80 Å². The van der Waals surface area contributed by atoms with Gasteiger partial charge in [0.2, 0.25) is 0 Å². The molecule has 0 radical (unpaired) electrons. The summed E-state index contributed by atoms with van der Waals surface area (Å²) in [6.07, 6.45) is 3.61. The average molecular weight is 363 g/mol. The fourth-order valence-corrected chi connectivity index (χ4v) is 5.00. The minimum absolute atomic E-state index is 0.491. The maximum atomic E-state index is 5.32. The molecule has 2 aliphatic rings. The maximum Gasteiger partial charge on any atom is 0.155 e. The molecule has 0 N–H and O–H groups in total. The molecule has 27 heavy (non-hydrogen) atoms. The van der Waals surface area contributed by atoms with E-state index in [1.165, 1.54) is 24.2 Å². The number of fused-ring (bicyclic) bond motifs is 2. The van der Waals surface area contributed by atoms with E-state index in [0.717, 1.165) is 30.4 Å². The van der Waals surface area contributed by atoms with E-state index in [2.05, 4.69) is 63.3 Å². The Kier molecular flexibility index (Phi) is 4.10. The summed E-state index contributed by atoms with van der Waals surface area (Å²) in [4.78, 5) is 9.43. The number of rotatable bonds is 4. The van der Waals surface area contributed by atoms with Gasteiger partial charge in [-0.2, -0.15) is 5.10 Å². The van der Waals surface area contributed by atoms with E-state index in [9.17, 15) is 0 Å². The molecule has 2 aliphatic heterocycles. The largest absolute Gasteiger partial charge is 0.497 e. The van der Waals surface area contributed by atoms with Crippen LogP contribution in [0.3, 0.4) is 0 Å². The second kappa shape index (κ2) is 6.62. The molecule has 6 heteroatoms. The number of likely N-dealkylation sites (tertiary alicyclic amines) is 2. The SMILES string of the molecule is COc1ccc([C@H]2[C@@H]3CN(Cc4ccn5ncnc5c4)C[C@@H]3CN2C)cc1. The van der Waals surface area contributed by atoms with Crippen molar-refractivity contribution in [3.63, 3.8) is 0 Å². The summed E-state index contributed by atoms with van der Waals surface area (Å²) in [6, 6.07) is 13.4. The summed E-state index contributed by atoms with van der Waals surface area (Å²) >= 11 is 0. The first-order valence-electron chi connectivity index (χ1n) is 9.56. The lowest BCUT2D eigenvalue weighted by atomic mass is 9.89. The van der Waals surface area contributed by atoms with Gasteiger partial charge in [0.1, 0.15) is 12.1 Å². The molecule has 3 atom stereocenters. The van der Waals surface area contributed by atoms with E-state index >= 15 is 0 Å². The monoisotopic (exact) mass is 363 g/mol. The first-order valence-corrected chi connectivity index (χ1v) is 9.56. The molecule has 5 rings (SSSR count). The lowest BCUT2D eigenvalue weighted by Crippen LogP contribution is -2.28. The Bertz CT molecular complexity index is 937. The fraction of sp³-hybridized carbons (Fsp3) is 0.429. The van der Waals surface area contributed by atoms with E-state index in [1.807, 2.05) is 10.7 Å². The van der Waals surface area contributed by atoms with Crippen LogP contribution < -0.4 is 4.74 Å². The molecule has 2 aromatic heterocycles. The van der Waals surface area contributed by atoms with Gasteiger partial charge in [0.25, 0.3) is 0 Å². The van der Waals surface area contributed by atoms with Gasteiger partial charge in [-0.25, -0.2) is 9.50 Å². The van der Waals surface area contributed by atoms with Gasteiger partial charge in [-0.1, -0.05) is 12.1 Å². The number of hydrogen-bond acceptors (Lipinski definition) is 5. The van der Waals surface area contributed by atoms with Crippen LogP contribution in [0, 0.1) is 11.8 Å². The summed E-state index contributed by atoms with van der Waals surface area (Å²) in [7, 11) is 3.98. The number of pyridine rings is 1. The van der Waals surface area contributed by atoms with Crippen LogP contribution in [-0.4, -0.2) is 58.2 Å². The third kappa shape index (κ3) is 2.99. The summed E-state index contributed by atoms with van der Waals surface area (Å²) < 4.78 is 7.14. The van der Waals surface area contributed by atoms with Crippen LogP contribution >= 0.6 is 0 Å². The molecule has 0 saturated carbocycles. The van der Waals surface area contributed by atoms with Crippen molar-refractivity contribution in [2.45, 2.75) is 12.6 Å². The van der Waals surface area contributed by atoms with E-state index in [1.54, 1.807) is 13.4 Å². The van der Waals surface area contributed by atoms with Crippen molar-refractivity contribution in [2.24, 2.45) is 11.8 Å². The van der Waals surface area contributed by atoms with Crippen LogP contribution in [-0.2, 0) is 6.54 Å².